The molecule has 2 rings (SSSR count). The van der Waals surface area contributed by atoms with Gasteiger partial charge in [-0.1, -0.05) is 34.1 Å². The van der Waals surface area contributed by atoms with Gasteiger partial charge in [0.2, 0.25) is 10.0 Å². The zero-order valence-electron chi connectivity index (χ0n) is 13.6. The van der Waals surface area contributed by atoms with E-state index < -0.39 is 10.0 Å². The molecule has 7 heteroatoms. The number of ether oxygens (including phenoxy) is 2. The van der Waals surface area contributed by atoms with Gasteiger partial charge in [0.25, 0.3) is 0 Å². The normalized spacial score (nSPS) is 11.3. The Hall–Kier alpha value is -1.57. The Kier molecular flexibility index (Phi) is 6.65. The van der Waals surface area contributed by atoms with E-state index in [0.717, 1.165) is 11.1 Å². The summed E-state index contributed by atoms with van der Waals surface area (Å²) in [6.45, 7) is 0.304. The first-order chi connectivity index (χ1) is 11.5. The molecule has 0 spiro atoms. The van der Waals surface area contributed by atoms with E-state index >= 15 is 0 Å². The van der Waals surface area contributed by atoms with Crippen LogP contribution in [-0.4, -0.2) is 29.2 Å². The van der Waals surface area contributed by atoms with Crippen molar-refractivity contribution in [1.29, 1.82) is 0 Å². The highest BCUT2D eigenvalue weighted by atomic mass is 79.9. The fourth-order valence-corrected chi connectivity index (χ4v) is 3.61. The topological polar surface area (TPSA) is 64.6 Å². The predicted molar refractivity (Wildman–Crippen MR) is 97.5 cm³/mol. The van der Waals surface area contributed by atoms with E-state index in [1.807, 2.05) is 18.2 Å². The average molecular weight is 414 g/mol. The summed E-state index contributed by atoms with van der Waals surface area (Å²) in [5.74, 6) is 1.27. The molecule has 130 valence electrons. The second kappa shape index (κ2) is 8.50. The number of rotatable bonds is 8. The maximum absolute atomic E-state index is 12.3. The second-order valence-corrected chi connectivity index (χ2v) is 7.44. The molecule has 0 fully saturated rings. The lowest BCUT2D eigenvalue weighted by molar-refractivity contribution is 0.354. The van der Waals surface area contributed by atoms with Gasteiger partial charge in [0.05, 0.1) is 19.1 Å². The maximum Gasteiger partial charge on any atom is 0.240 e. The zero-order chi connectivity index (χ0) is 17.6. The Morgan fingerprint density at radius 3 is 2.17 bits per heavy atom. The number of methoxy groups -OCH3 is 2. The van der Waals surface area contributed by atoms with E-state index in [1.165, 1.54) is 0 Å². The molecule has 5 nitrogen and oxygen atoms in total. The molecule has 0 radical (unpaired) electrons. The third kappa shape index (κ3) is 4.72. The molecular weight excluding hydrogens is 394 g/mol. The number of halogens is 1. The van der Waals surface area contributed by atoms with Crippen LogP contribution in [0.15, 0.2) is 47.4 Å². The molecule has 0 aliphatic carbocycles. The quantitative estimate of drug-likeness (QED) is 0.675. The molecule has 0 atom stereocenters. The van der Waals surface area contributed by atoms with Gasteiger partial charge in [-0.3, -0.25) is 0 Å². The minimum Gasteiger partial charge on any atom is -0.493 e. The van der Waals surface area contributed by atoms with Crippen LogP contribution in [0.2, 0.25) is 0 Å². The van der Waals surface area contributed by atoms with Gasteiger partial charge in [-0.2, -0.15) is 0 Å². The Bertz CT molecular complexity index is 776. The molecule has 0 bridgehead atoms. The first-order valence-corrected chi connectivity index (χ1v) is 9.96. The van der Waals surface area contributed by atoms with Crippen molar-refractivity contribution in [2.24, 2.45) is 0 Å². The van der Waals surface area contributed by atoms with Crippen LogP contribution in [-0.2, 0) is 21.8 Å². The minimum atomic E-state index is -3.51. The Morgan fingerprint density at radius 2 is 1.58 bits per heavy atom. The van der Waals surface area contributed by atoms with Gasteiger partial charge in [-0.25, -0.2) is 13.1 Å². The van der Waals surface area contributed by atoms with Crippen LogP contribution in [0.25, 0.3) is 0 Å². The van der Waals surface area contributed by atoms with Crippen molar-refractivity contribution in [3.05, 3.63) is 53.6 Å². The van der Waals surface area contributed by atoms with E-state index in [2.05, 4.69) is 20.7 Å². The second-order valence-electron chi connectivity index (χ2n) is 5.11. The summed E-state index contributed by atoms with van der Waals surface area (Å²) in [4.78, 5) is 0.263. The van der Waals surface area contributed by atoms with Crippen LogP contribution in [0.5, 0.6) is 11.5 Å². The van der Waals surface area contributed by atoms with Gasteiger partial charge < -0.3 is 9.47 Å². The number of benzene rings is 2. The van der Waals surface area contributed by atoms with E-state index in [-0.39, 0.29) is 4.90 Å². The molecule has 0 aromatic heterocycles. The van der Waals surface area contributed by atoms with E-state index in [0.29, 0.717) is 29.8 Å². The van der Waals surface area contributed by atoms with Gasteiger partial charge in [0, 0.05) is 11.9 Å². The molecule has 0 saturated heterocycles. The summed E-state index contributed by atoms with van der Waals surface area (Å²) in [5, 5.41) is 0.695. The summed E-state index contributed by atoms with van der Waals surface area (Å²) >= 11 is 3.34. The monoisotopic (exact) mass is 413 g/mol. The molecule has 0 heterocycles. The van der Waals surface area contributed by atoms with E-state index in [4.69, 9.17) is 9.47 Å². The van der Waals surface area contributed by atoms with Crippen LogP contribution in [0, 0.1) is 0 Å². The average Bonchev–Trinajstić information content (AvgIpc) is 2.61. The van der Waals surface area contributed by atoms with Gasteiger partial charge in [0.1, 0.15) is 0 Å². The van der Waals surface area contributed by atoms with Gasteiger partial charge in [-0.05, 0) is 41.8 Å². The molecule has 0 saturated carbocycles. The Labute approximate surface area is 151 Å². The zero-order valence-corrected chi connectivity index (χ0v) is 16.0. The lowest BCUT2D eigenvalue weighted by Gasteiger charge is -2.10. The Morgan fingerprint density at radius 1 is 0.958 bits per heavy atom. The van der Waals surface area contributed by atoms with Crippen LogP contribution in [0.3, 0.4) is 0 Å². The summed E-state index contributed by atoms with van der Waals surface area (Å²) in [6, 6.07) is 12.3. The highest BCUT2D eigenvalue weighted by molar-refractivity contribution is 9.08. The van der Waals surface area contributed by atoms with Crippen molar-refractivity contribution >= 4 is 26.0 Å². The number of alkyl halides is 1. The number of hydrogen-bond acceptors (Lipinski definition) is 4. The van der Waals surface area contributed by atoms with Crippen LogP contribution in [0.4, 0.5) is 0 Å². The first-order valence-electron chi connectivity index (χ1n) is 7.35. The van der Waals surface area contributed by atoms with Gasteiger partial charge in [0.15, 0.2) is 11.5 Å². The summed E-state index contributed by atoms with van der Waals surface area (Å²) in [7, 11) is -0.359. The fourth-order valence-electron chi connectivity index (χ4n) is 2.21. The first kappa shape index (κ1) is 18.8. The van der Waals surface area contributed by atoms with Crippen LogP contribution < -0.4 is 14.2 Å². The molecule has 0 aliphatic heterocycles. The van der Waals surface area contributed by atoms with Crippen molar-refractivity contribution < 1.29 is 17.9 Å². The molecule has 2 aromatic carbocycles. The van der Waals surface area contributed by atoms with Crippen molar-refractivity contribution in [2.45, 2.75) is 16.6 Å². The van der Waals surface area contributed by atoms with Crippen molar-refractivity contribution in [3.8, 4) is 11.5 Å². The molecular formula is C17H20BrNO4S. The lowest BCUT2D eigenvalue weighted by atomic mass is 10.1. The lowest BCUT2D eigenvalue weighted by Crippen LogP contribution is -2.26. The SMILES string of the molecule is COc1ccc(CCNS(=O)(=O)c2ccc(CBr)cc2)cc1OC. The van der Waals surface area contributed by atoms with Crippen LogP contribution >= 0.6 is 15.9 Å². The molecule has 0 aliphatic rings. The summed E-state index contributed by atoms with van der Waals surface area (Å²) < 4.78 is 37.6. The fraction of sp³-hybridized carbons (Fsp3) is 0.294. The molecule has 2 aromatic rings. The third-order valence-corrected chi connectivity index (χ3v) is 5.67. The predicted octanol–water partition coefficient (Wildman–Crippen LogP) is 3.12. The smallest absolute Gasteiger partial charge is 0.240 e. The van der Waals surface area contributed by atoms with Crippen LogP contribution in [0.1, 0.15) is 11.1 Å². The molecule has 24 heavy (non-hydrogen) atoms. The largest absolute Gasteiger partial charge is 0.493 e. The summed E-state index contributed by atoms with van der Waals surface area (Å²) in [5.41, 5.74) is 1.99. The molecule has 0 amide bonds. The minimum absolute atomic E-state index is 0.263. The van der Waals surface area contributed by atoms with Crippen molar-refractivity contribution in [3.63, 3.8) is 0 Å². The van der Waals surface area contributed by atoms with Gasteiger partial charge >= 0.3 is 0 Å². The van der Waals surface area contributed by atoms with Crippen molar-refractivity contribution in [2.75, 3.05) is 20.8 Å². The Balaban J connectivity index is 1.99. The van der Waals surface area contributed by atoms with Gasteiger partial charge in [-0.15, -0.1) is 0 Å². The van der Waals surface area contributed by atoms with Crippen molar-refractivity contribution in [1.82, 2.24) is 4.72 Å². The standard InChI is InChI=1S/C17H20BrNO4S/c1-22-16-8-5-13(11-17(16)23-2)9-10-19-24(20,21)15-6-3-14(12-18)4-7-15/h3-8,11,19H,9-10,12H2,1-2H3. The maximum atomic E-state index is 12.3. The molecule has 0 unspecified atom stereocenters. The highest BCUT2D eigenvalue weighted by Crippen LogP contribution is 2.27. The number of hydrogen-bond donors (Lipinski definition) is 1. The highest BCUT2D eigenvalue weighted by Gasteiger charge is 2.13. The number of sulfonamides is 1. The third-order valence-electron chi connectivity index (χ3n) is 3.54. The van der Waals surface area contributed by atoms with E-state index in [1.54, 1.807) is 38.5 Å². The summed E-state index contributed by atoms with van der Waals surface area (Å²) in [6.07, 6.45) is 0.555. The number of nitrogens with one attached hydrogen (secondary N) is 1. The molecule has 1 N–H and O–H groups in total. The van der Waals surface area contributed by atoms with E-state index in [9.17, 15) is 8.42 Å².